The molecule has 1 N–H and O–H groups in total. The van der Waals surface area contributed by atoms with Crippen molar-refractivity contribution < 1.29 is 9.53 Å². The fourth-order valence-electron chi connectivity index (χ4n) is 1.47. The van der Waals surface area contributed by atoms with Crippen LogP contribution in [0.3, 0.4) is 0 Å². The first-order chi connectivity index (χ1) is 9.13. The van der Waals surface area contributed by atoms with Crippen LogP contribution in [-0.4, -0.2) is 12.5 Å². The average molecular weight is 296 g/mol. The van der Waals surface area contributed by atoms with E-state index in [1.54, 1.807) is 48.5 Å². The van der Waals surface area contributed by atoms with Crippen LogP contribution in [0.4, 0.5) is 5.69 Å². The summed E-state index contributed by atoms with van der Waals surface area (Å²) in [5.41, 5.74) is 0.632. The van der Waals surface area contributed by atoms with Crippen LogP contribution < -0.4 is 10.1 Å². The van der Waals surface area contributed by atoms with Gasteiger partial charge in [-0.1, -0.05) is 35.3 Å². The number of benzene rings is 2. The molecule has 5 heteroatoms. The number of halogens is 2. The summed E-state index contributed by atoms with van der Waals surface area (Å²) in [6.45, 7) is -0.0904. The summed E-state index contributed by atoms with van der Waals surface area (Å²) in [6.07, 6.45) is 0. The molecule has 0 bridgehead atoms. The third-order valence-electron chi connectivity index (χ3n) is 2.27. The molecule has 0 unspecified atom stereocenters. The van der Waals surface area contributed by atoms with Crippen molar-refractivity contribution in [1.82, 2.24) is 0 Å². The van der Waals surface area contributed by atoms with Gasteiger partial charge in [-0.15, -0.1) is 0 Å². The minimum Gasteiger partial charge on any atom is -0.484 e. The van der Waals surface area contributed by atoms with Crippen LogP contribution >= 0.6 is 23.2 Å². The smallest absolute Gasteiger partial charge is 0.262 e. The van der Waals surface area contributed by atoms with E-state index in [9.17, 15) is 4.79 Å². The van der Waals surface area contributed by atoms with E-state index in [4.69, 9.17) is 27.9 Å². The maximum Gasteiger partial charge on any atom is 0.262 e. The number of rotatable bonds is 4. The quantitative estimate of drug-likeness (QED) is 0.925. The Bertz CT molecular complexity index is 587. The molecule has 1 amide bonds. The molecule has 2 aromatic rings. The highest BCUT2D eigenvalue weighted by Crippen LogP contribution is 2.17. The first-order valence-corrected chi connectivity index (χ1v) is 6.33. The molecule has 98 valence electrons. The first kappa shape index (κ1) is 13.7. The Balaban J connectivity index is 1.88. The number of hydrogen-bond donors (Lipinski definition) is 1. The zero-order chi connectivity index (χ0) is 13.7. The normalized spacial score (nSPS) is 10.0. The van der Waals surface area contributed by atoms with Gasteiger partial charge in [0.1, 0.15) is 5.75 Å². The van der Waals surface area contributed by atoms with Crippen molar-refractivity contribution in [3.05, 3.63) is 58.6 Å². The second-order valence-corrected chi connectivity index (χ2v) is 4.68. The number of ether oxygens (including phenoxy) is 1. The molecule has 0 saturated carbocycles. The Kier molecular flexibility index (Phi) is 4.66. The van der Waals surface area contributed by atoms with Crippen LogP contribution in [0.2, 0.25) is 10.0 Å². The minimum atomic E-state index is -0.262. The van der Waals surface area contributed by atoms with Gasteiger partial charge in [-0.05, 0) is 36.4 Å². The van der Waals surface area contributed by atoms with Crippen molar-refractivity contribution >= 4 is 34.8 Å². The second-order valence-electron chi connectivity index (χ2n) is 3.80. The Morgan fingerprint density at radius 3 is 2.42 bits per heavy atom. The predicted molar refractivity (Wildman–Crippen MR) is 77.0 cm³/mol. The lowest BCUT2D eigenvalue weighted by atomic mass is 10.3. The zero-order valence-corrected chi connectivity index (χ0v) is 11.4. The summed E-state index contributed by atoms with van der Waals surface area (Å²) >= 11 is 11.6. The van der Waals surface area contributed by atoms with E-state index in [1.165, 1.54) is 0 Å². The SMILES string of the molecule is O=C(COc1cccc(Cl)c1)Nc1cccc(Cl)c1. The minimum absolute atomic E-state index is 0.0904. The van der Waals surface area contributed by atoms with Gasteiger partial charge in [-0.3, -0.25) is 4.79 Å². The third-order valence-corrected chi connectivity index (χ3v) is 2.74. The summed E-state index contributed by atoms with van der Waals surface area (Å²) in [5, 5.41) is 3.81. The molecule has 3 nitrogen and oxygen atoms in total. The lowest BCUT2D eigenvalue weighted by Crippen LogP contribution is -2.20. The highest BCUT2D eigenvalue weighted by Gasteiger charge is 2.04. The highest BCUT2D eigenvalue weighted by atomic mass is 35.5. The predicted octanol–water partition coefficient (Wildman–Crippen LogP) is 4.01. The van der Waals surface area contributed by atoms with Gasteiger partial charge >= 0.3 is 0 Å². The Labute approximate surface area is 121 Å². The standard InChI is InChI=1S/C14H11Cl2NO2/c15-10-3-1-5-12(7-10)17-14(18)9-19-13-6-2-4-11(16)8-13/h1-8H,9H2,(H,17,18). The van der Waals surface area contributed by atoms with E-state index in [0.29, 0.717) is 21.5 Å². The number of carbonyl (C=O) groups excluding carboxylic acids is 1. The molecule has 0 fully saturated rings. The van der Waals surface area contributed by atoms with E-state index >= 15 is 0 Å². The van der Waals surface area contributed by atoms with Crippen LogP contribution in [0.15, 0.2) is 48.5 Å². The van der Waals surface area contributed by atoms with Gasteiger partial charge in [0.05, 0.1) is 0 Å². The van der Waals surface area contributed by atoms with Crippen LogP contribution in [0.25, 0.3) is 0 Å². The van der Waals surface area contributed by atoms with Gasteiger partial charge in [0.15, 0.2) is 6.61 Å². The van der Waals surface area contributed by atoms with Gasteiger partial charge < -0.3 is 10.1 Å². The van der Waals surface area contributed by atoms with E-state index in [1.807, 2.05) is 0 Å². The number of carbonyl (C=O) groups is 1. The topological polar surface area (TPSA) is 38.3 Å². The van der Waals surface area contributed by atoms with Crippen molar-refractivity contribution in [2.75, 3.05) is 11.9 Å². The summed E-state index contributed by atoms with van der Waals surface area (Å²) in [7, 11) is 0. The number of amides is 1. The molecule has 0 aliphatic heterocycles. The summed E-state index contributed by atoms with van der Waals surface area (Å²) in [4.78, 5) is 11.7. The Morgan fingerprint density at radius 2 is 1.74 bits per heavy atom. The average Bonchev–Trinajstić information content (AvgIpc) is 2.36. The van der Waals surface area contributed by atoms with Crippen LogP contribution in [0, 0.1) is 0 Å². The first-order valence-electron chi connectivity index (χ1n) is 5.57. The van der Waals surface area contributed by atoms with E-state index < -0.39 is 0 Å². The van der Waals surface area contributed by atoms with Crippen LogP contribution in [-0.2, 0) is 4.79 Å². The third kappa shape index (κ3) is 4.47. The molecule has 0 aliphatic rings. The van der Waals surface area contributed by atoms with Crippen molar-refractivity contribution in [1.29, 1.82) is 0 Å². The molecule has 0 aromatic heterocycles. The van der Waals surface area contributed by atoms with E-state index in [0.717, 1.165) is 0 Å². The van der Waals surface area contributed by atoms with Crippen molar-refractivity contribution in [2.24, 2.45) is 0 Å². The maximum atomic E-state index is 11.7. The molecule has 19 heavy (non-hydrogen) atoms. The lowest BCUT2D eigenvalue weighted by Gasteiger charge is -2.07. The van der Waals surface area contributed by atoms with E-state index in [-0.39, 0.29) is 12.5 Å². The van der Waals surface area contributed by atoms with Gasteiger partial charge in [0, 0.05) is 15.7 Å². The Morgan fingerprint density at radius 1 is 1.05 bits per heavy atom. The van der Waals surface area contributed by atoms with Crippen molar-refractivity contribution in [2.45, 2.75) is 0 Å². The molecule has 0 heterocycles. The maximum absolute atomic E-state index is 11.7. The molecule has 2 rings (SSSR count). The Hall–Kier alpha value is -1.71. The molecule has 0 spiro atoms. The van der Waals surface area contributed by atoms with E-state index in [2.05, 4.69) is 5.32 Å². The summed E-state index contributed by atoms with van der Waals surface area (Å²) < 4.78 is 5.32. The summed E-state index contributed by atoms with van der Waals surface area (Å²) in [5.74, 6) is 0.288. The summed E-state index contributed by atoms with van der Waals surface area (Å²) in [6, 6.07) is 13.8. The molecule has 0 saturated heterocycles. The fraction of sp³-hybridized carbons (Fsp3) is 0.0714. The van der Waals surface area contributed by atoms with Gasteiger partial charge in [0.2, 0.25) is 0 Å². The molecule has 0 aliphatic carbocycles. The van der Waals surface area contributed by atoms with Crippen LogP contribution in [0.1, 0.15) is 0 Å². The molecular formula is C14H11Cl2NO2. The zero-order valence-electron chi connectivity index (χ0n) is 9.90. The molecule has 0 atom stereocenters. The van der Waals surface area contributed by atoms with Gasteiger partial charge in [0.25, 0.3) is 5.91 Å². The van der Waals surface area contributed by atoms with Gasteiger partial charge in [-0.25, -0.2) is 0 Å². The largest absolute Gasteiger partial charge is 0.484 e. The molecular weight excluding hydrogens is 285 g/mol. The fourth-order valence-corrected chi connectivity index (χ4v) is 1.84. The van der Waals surface area contributed by atoms with Crippen LogP contribution in [0.5, 0.6) is 5.75 Å². The monoisotopic (exact) mass is 295 g/mol. The van der Waals surface area contributed by atoms with Gasteiger partial charge in [-0.2, -0.15) is 0 Å². The molecule has 2 aromatic carbocycles. The lowest BCUT2D eigenvalue weighted by molar-refractivity contribution is -0.118. The number of hydrogen-bond acceptors (Lipinski definition) is 2. The van der Waals surface area contributed by atoms with Crippen molar-refractivity contribution in [3.8, 4) is 5.75 Å². The highest BCUT2D eigenvalue weighted by molar-refractivity contribution is 6.31. The second kappa shape index (κ2) is 6.45. The molecule has 0 radical (unpaired) electrons. The number of nitrogens with one attached hydrogen (secondary N) is 1. The van der Waals surface area contributed by atoms with Crippen molar-refractivity contribution in [3.63, 3.8) is 0 Å². The number of anilines is 1.